The second-order valence-electron chi connectivity index (χ2n) is 2.55. The van der Waals surface area contributed by atoms with Crippen molar-refractivity contribution >= 4 is 5.97 Å². The molecule has 0 unspecified atom stereocenters. The summed E-state index contributed by atoms with van der Waals surface area (Å²) >= 11 is -0.330. The molecule has 2 nitrogen and oxygen atoms in total. The van der Waals surface area contributed by atoms with E-state index in [0.717, 1.165) is 22.8 Å². The van der Waals surface area contributed by atoms with Gasteiger partial charge in [-0.25, -0.2) is 0 Å². The van der Waals surface area contributed by atoms with Crippen molar-refractivity contribution in [3.8, 4) is 0 Å². The van der Waals surface area contributed by atoms with Crippen molar-refractivity contribution in [2.45, 2.75) is 12.8 Å². The number of allylic oxidation sites excluding steroid dienone is 3. The Labute approximate surface area is 76.1 Å². The van der Waals surface area contributed by atoms with E-state index in [2.05, 4.69) is 12.2 Å². The van der Waals surface area contributed by atoms with Gasteiger partial charge < -0.3 is 0 Å². The van der Waals surface area contributed by atoms with Crippen LogP contribution in [0.15, 0.2) is 23.3 Å². The van der Waals surface area contributed by atoms with Crippen molar-refractivity contribution in [1.29, 1.82) is 0 Å². The molecule has 60 valence electrons. The van der Waals surface area contributed by atoms with E-state index in [0.29, 0.717) is 0 Å². The van der Waals surface area contributed by atoms with Gasteiger partial charge in [0.2, 0.25) is 0 Å². The first-order valence-electron chi connectivity index (χ1n) is 3.57. The molecule has 0 aromatic heterocycles. The molecule has 0 bridgehead atoms. The van der Waals surface area contributed by atoms with Crippen LogP contribution < -0.4 is 21.6 Å². The SMILES string of the molecule is O=C1O[I-]CC2=C1CCC=C2. The summed E-state index contributed by atoms with van der Waals surface area (Å²) in [5.74, 6) is -0.0524. The Morgan fingerprint density at radius 1 is 1.55 bits per heavy atom. The van der Waals surface area contributed by atoms with Gasteiger partial charge >= 0.3 is 76.0 Å². The molecule has 0 radical (unpaired) electrons. The van der Waals surface area contributed by atoms with E-state index < -0.39 is 0 Å². The van der Waals surface area contributed by atoms with Gasteiger partial charge in [-0.15, -0.1) is 0 Å². The van der Waals surface area contributed by atoms with E-state index in [1.54, 1.807) is 0 Å². The molecule has 1 aliphatic carbocycles. The quantitative estimate of drug-likeness (QED) is 0.380. The Balaban J connectivity index is 2.35. The molecule has 0 N–H and O–H groups in total. The number of halogens is 1. The molecule has 0 saturated heterocycles. The van der Waals surface area contributed by atoms with Crippen molar-refractivity contribution < 1.29 is 29.5 Å². The van der Waals surface area contributed by atoms with Gasteiger partial charge in [0.1, 0.15) is 0 Å². The third-order valence-corrected chi connectivity index (χ3v) is 3.68. The predicted molar refractivity (Wildman–Crippen MR) is 36.4 cm³/mol. The van der Waals surface area contributed by atoms with Crippen LogP contribution in [0.1, 0.15) is 12.8 Å². The monoisotopic (exact) mass is 263 g/mol. The Hall–Kier alpha value is -0.320. The molecule has 0 amide bonds. The standard InChI is InChI=1S/C8H8IO2/c10-8-7-4-2-1-3-6(7)5-9-11-8/h1,3H,2,4-5H2/q-1. The fourth-order valence-corrected chi connectivity index (χ4v) is 3.01. The van der Waals surface area contributed by atoms with E-state index in [1.165, 1.54) is 5.57 Å². The van der Waals surface area contributed by atoms with Gasteiger partial charge in [0.25, 0.3) is 0 Å². The van der Waals surface area contributed by atoms with Gasteiger partial charge in [0.05, 0.1) is 0 Å². The summed E-state index contributed by atoms with van der Waals surface area (Å²) in [7, 11) is 0. The minimum atomic E-state index is -0.330. The van der Waals surface area contributed by atoms with Crippen molar-refractivity contribution in [3.05, 3.63) is 23.3 Å². The Morgan fingerprint density at radius 3 is 3.27 bits per heavy atom. The van der Waals surface area contributed by atoms with Crippen molar-refractivity contribution in [3.63, 3.8) is 0 Å². The second kappa shape index (κ2) is 2.97. The van der Waals surface area contributed by atoms with Crippen molar-refractivity contribution in [2.75, 3.05) is 4.43 Å². The first-order valence-corrected chi connectivity index (χ1v) is 5.97. The van der Waals surface area contributed by atoms with E-state index in [-0.39, 0.29) is 27.6 Å². The summed E-state index contributed by atoms with van der Waals surface area (Å²) in [5.41, 5.74) is 2.17. The summed E-state index contributed by atoms with van der Waals surface area (Å²) < 4.78 is 6.04. The molecule has 0 spiro atoms. The van der Waals surface area contributed by atoms with Gasteiger partial charge in [0.15, 0.2) is 0 Å². The van der Waals surface area contributed by atoms with Crippen LogP contribution in [0, 0.1) is 0 Å². The number of hydrogen-bond donors (Lipinski definition) is 0. The zero-order valence-electron chi connectivity index (χ0n) is 5.97. The second-order valence-corrected chi connectivity index (χ2v) is 4.38. The van der Waals surface area contributed by atoms with E-state index in [1.807, 2.05) is 0 Å². The number of rotatable bonds is 0. The third-order valence-electron chi connectivity index (χ3n) is 1.84. The fourth-order valence-electron chi connectivity index (χ4n) is 1.25. The van der Waals surface area contributed by atoms with Gasteiger partial charge in [-0.3, -0.25) is 0 Å². The predicted octanol–water partition coefficient (Wildman–Crippen LogP) is -1.81. The maximum absolute atomic E-state index is 11.1. The summed E-state index contributed by atoms with van der Waals surface area (Å²) in [5, 5.41) is 0. The Bertz CT molecular complexity index is 253. The molecule has 2 rings (SSSR count). The Kier molecular flexibility index (Phi) is 1.98. The van der Waals surface area contributed by atoms with Gasteiger partial charge in [-0.2, -0.15) is 0 Å². The maximum atomic E-state index is 11.1. The van der Waals surface area contributed by atoms with E-state index >= 15 is 0 Å². The topological polar surface area (TPSA) is 26.3 Å². The number of carbonyl (C=O) groups excluding carboxylic acids is 1. The molecule has 1 heterocycles. The van der Waals surface area contributed by atoms with Crippen LogP contribution in [0.4, 0.5) is 0 Å². The van der Waals surface area contributed by atoms with Gasteiger partial charge in [0, 0.05) is 0 Å². The zero-order chi connectivity index (χ0) is 7.68. The normalized spacial score (nSPS) is 23.8. The molecule has 2 aliphatic rings. The molecular weight excluding hydrogens is 255 g/mol. The third kappa shape index (κ3) is 1.34. The molecule has 0 fully saturated rings. The number of alkyl halides is 1. The van der Waals surface area contributed by atoms with Crippen LogP contribution in [0.5, 0.6) is 0 Å². The van der Waals surface area contributed by atoms with Crippen LogP contribution in [0.25, 0.3) is 0 Å². The Morgan fingerprint density at radius 2 is 2.45 bits per heavy atom. The minimum absolute atomic E-state index is 0.0524. The van der Waals surface area contributed by atoms with Gasteiger partial charge in [-0.1, -0.05) is 0 Å². The summed E-state index contributed by atoms with van der Waals surface area (Å²) in [4.78, 5) is 11.1. The van der Waals surface area contributed by atoms with E-state index in [9.17, 15) is 4.79 Å². The molecular formula is C8H8IO2-. The number of hydrogen-bond acceptors (Lipinski definition) is 2. The van der Waals surface area contributed by atoms with Crippen LogP contribution >= 0.6 is 0 Å². The molecule has 11 heavy (non-hydrogen) atoms. The molecule has 1 aliphatic heterocycles. The average molecular weight is 263 g/mol. The molecule has 0 aromatic carbocycles. The average Bonchev–Trinajstić information content (AvgIpc) is 2.06. The molecule has 0 atom stereocenters. The van der Waals surface area contributed by atoms with Crippen LogP contribution in [-0.4, -0.2) is 10.4 Å². The van der Waals surface area contributed by atoms with Crippen LogP contribution in [0.2, 0.25) is 0 Å². The van der Waals surface area contributed by atoms with Crippen molar-refractivity contribution in [2.24, 2.45) is 0 Å². The van der Waals surface area contributed by atoms with Crippen LogP contribution in [-0.2, 0) is 7.86 Å². The van der Waals surface area contributed by atoms with Crippen molar-refractivity contribution in [1.82, 2.24) is 0 Å². The summed E-state index contributed by atoms with van der Waals surface area (Å²) in [6.07, 6.45) is 6.10. The molecule has 3 heteroatoms. The molecule has 0 saturated carbocycles. The first kappa shape index (κ1) is 7.34. The van der Waals surface area contributed by atoms with E-state index in [4.69, 9.17) is 3.07 Å². The van der Waals surface area contributed by atoms with Gasteiger partial charge in [-0.05, 0) is 0 Å². The fraction of sp³-hybridized carbons (Fsp3) is 0.375. The first-order chi connectivity index (χ1) is 5.38. The zero-order valence-corrected chi connectivity index (χ0v) is 8.13. The summed E-state index contributed by atoms with van der Waals surface area (Å²) in [6.45, 7) is 0. The number of carbonyl (C=O) groups is 1. The molecule has 0 aromatic rings. The van der Waals surface area contributed by atoms with Crippen LogP contribution in [0.3, 0.4) is 0 Å². The summed E-state index contributed by atoms with van der Waals surface area (Å²) in [6, 6.07) is 0.